The average molecular weight is 453 g/mol. The van der Waals surface area contributed by atoms with Gasteiger partial charge < -0.3 is 19.7 Å². The van der Waals surface area contributed by atoms with Gasteiger partial charge in [0.1, 0.15) is 18.1 Å². The minimum atomic E-state index is -0.348. The summed E-state index contributed by atoms with van der Waals surface area (Å²) < 4.78 is 11.3. The van der Waals surface area contributed by atoms with Crippen LogP contribution in [0.3, 0.4) is 0 Å². The number of rotatable bonds is 10. The Morgan fingerprint density at radius 1 is 0.938 bits per heavy atom. The maximum Gasteiger partial charge on any atom is 0.262 e. The van der Waals surface area contributed by atoms with E-state index in [4.69, 9.17) is 21.1 Å². The molecule has 1 N–H and O–H groups in total. The van der Waals surface area contributed by atoms with Gasteiger partial charge in [-0.2, -0.15) is 0 Å². The Morgan fingerprint density at radius 2 is 1.66 bits per heavy atom. The van der Waals surface area contributed by atoms with Gasteiger partial charge in [-0.25, -0.2) is 0 Å². The molecule has 6 nitrogen and oxygen atoms in total. The van der Waals surface area contributed by atoms with Crippen LogP contribution in [0.2, 0.25) is 5.02 Å². The Morgan fingerprint density at radius 3 is 2.34 bits per heavy atom. The fourth-order valence-electron chi connectivity index (χ4n) is 2.87. The Hall–Kier alpha value is -3.35. The molecule has 0 aliphatic heterocycles. The number of carbonyl (C=O) groups is 2. The van der Waals surface area contributed by atoms with E-state index in [2.05, 4.69) is 5.32 Å². The van der Waals surface area contributed by atoms with Crippen molar-refractivity contribution in [3.05, 3.63) is 88.9 Å². The molecule has 3 rings (SSSR count). The van der Waals surface area contributed by atoms with Crippen LogP contribution in [0.1, 0.15) is 15.9 Å². The molecule has 3 aromatic carbocycles. The van der Waals surface area contributed by atoms with Crippen molar-refractivity contribution >= 4 is 29.0 Å². The van der Waals surface area contributed by atoms with Crippen molar-refractivity contribution in [2.24, 2.45) is 0 Å². The number of ether oxygens (including phenoxy) is 2. The van der Waals surface area contributed by atoms with Gasteiger partial charge in [-0.1, -0.05) is 41.9 Å². The van der Waals surface area contributed by atoms with Crippen molar-refractivity contribution < 1.29 is 19.1 Å². The van der Waals surface area contributed by atoms with Gasteiger partial charge in [0.25, 0.3) is 5.91 Å². The molecule has 0 saturated carbocycles. The van der Waals surface area contributed by atoms with Gasteiger partial charge in [-0.05, 0) is 56.6 Å². The van der Waals surface area contributed by atoms with Crippen LogP contribution >= 0.6 is 11.6 Å². The van der Waals surface area contributed by atoms with Gasteiger partial charge in [0.15, 0.2) is 12.4 Å². The second-order valence-corrected chi connectivity index (χ2v) is 7.79. The van der Waals surface area contributed by atoms with Crippen molar-refractivity contribution in [2.75, 3.05) is 39.2 Å². The molecule has 0 aliphatic rings. The number of carbonyl (C=O) groups excluding carboxylic acids is 2. The maximum atomic E-state index is 12.8. The first-order chi connectivity index (χ1) is 15.4. The number of likely N-dealkylation sites (N-methyl/N-ethyl adjacent to an activating group) is 1. The summed E-state index contributed by atoms with van der Waals surface area (Å²) in [6.07, 6.45) is 0. The van der Waals surface area contributed by atoms with Gasteiger partial charge in [0.2, 0.25) is 0 Å². The van der Waals surface area contributed by atoms with Crippen molar-refractivity contribution in [3.63, 3.8) is 0 Å². The first-order valence-corrected chi connectivity index (χ1v) is 10.5. The van der Waals surface area contributed by atoms with E-state index < -0.39 is 0 Å². The van der Waals surface area contributed by atoms with Crippen LogP contribution in [-0.2, 0) is 4.79 Å². The lowest BCUT2D eigenvalue weighted by Crippen LogP contribution is -2.21. The monoisotopic (exact) mass is 452 g/mol. The third-order valence-corrected chi connectivity index (χ3v) is 4.76. The third kappa shape index (κ3) is 6.83. The molecule has 0 fully saturated rings. The smallest absolute Gasteiger partial charge is 0.262 e. The molecule has 1 amide bonds. The molecule has 0 saturated heterocycles. The van der Waals surface area contributed by atoms with E-state index in [1.165, 1.54) is 0 Å². The number of hydrogen-bond acceptors (Lipinski definition) is 5. The Bertz CT molecular complexity index is 1050. The van der Waals surface area contributed by atoms with Gasteiger partial charge in [-0.15, -0.1) is 0 Å². The van der Waals surface area contributed by atoms with E-state index in [1.807, 2.05) is 25.1 Å². The highest BCUT2D eigenvalue weighted by molar-refractivity contribution is 6.31. The average Bonchev–Trinajstić information content (AvgIpc) is 2.79. The summed E-state index contributed by atoms with van der Waals surface area (Å²) in [5, 5.41) is 3.18. The summed E-state index contributed by atoms with van der Waals surface area (Å²) in [7, 11) is 3.96. The molecule has 0 heterocycles. The molecular weight excluding hydrogens is 428 g/mol. The fraction of sp³-hybridized carbons (Fsp3) is 0.200. The molecule has 0 unspecified atom stereocenters. The first-order valence-electron chi connectivity index (χ1n) is 10.1. The molecule has 32 heavy (non-hydrogen) atoms. The van der Waals surface area contributed by atoms with E-state index in [0.29, 0.717) is 34.2 Å². The highest BCUT2D eigenvalue weighted by Gasteiger charge is 2.16. The van der Waals surface area contributed by atoms with Crippen LogP contribution < -0.4 is 14.8 Å². The summed E-state index contributed by atoms with van der Waals surface area (Å²) in [5.41, 5.74) is 1.43. The van der Waals surface area contributed by atoms with Gasteiger partial charge in [0.05, 0.1) is 5.56 Å². The number of halogens is 1. The first kappa shape index (κ1) is 23.3. The summed E-state index contributed by atoms with van der Waals surface area (Å²) >= 11 is 6.08. The van der Waals surface area contributed by atoms with Crippen molar-refractivity contribution in [1.82, 2.24) is 4.90 Å². The van der Waals surface area contributed by atoms with Crippen LogP contribution in [0.25, 0.3) is 0 Å². The van der Waals surface area contributed by atoms with E-state index in [-0.39, 0.29) is 18.3 Å². The SMILES string of the molecule is CN(C)CCOc1ccc(NC(=O)COc2ccc(Cl)cc2C(=O)c2ccccc2)cc1. The number of nitrogens with zero attached hydrogens (tertiary/aromatic N) is 1. The molecule has 0 aliphatic carbocycles. The molecule has 7 heteroatoms. The number of amides is 1. The Balaban J connectivity index is 1.59. The summed E-state index contributed by atoms with van der Waals surface area (Å²) in [6.45, 7) is 1.14. The van der Waals surface area contributed by atoms with Crippen molar-refractivity contribution in [2.45, 2.75) is 0 Å². The number of hydrogen-bond donors (Lipinski definition) is 1. The van der Waals surface area contributed by atoms with E-state index in [1.54, 1.807) is 66.7 Å². The van der Waals surface area contributed by atoms with Crippen LogP contribution in [0.5, 0.6) is 11.5 Å². The minimum Gasteiger partial charge on any atom is -0.492 e. The highest BCUT2D eigenvalue weighted by atomic mass is 35.5. The molecule has 0 atom stereocenters. The highest BCUT2D eigenvalue weighted by Crippen LogP contribution is 2.26. The quantitative estimate of drug-likeness (QED) is 0.458. The molecule has 0 bridgehead atoms. The fourth-order valence-corrected chi connectivity index (χ4v) is 3.04. The maximum absolute atomic E-state index is 12.8. The zero-order valence-corrected chi connectivity index (χ0v) is 18.8. The lowest BCUT2D eigenvalue weighted by Gasteiger charge is -2.13. The Labute approximate surface area is 192 Å². The summed E-state index contributed by atoms with van der Waals surface area (Å²) in [6, 6.07) is 20.7. The van der Waals surface area contributed by atoms with Gasteiger partial charge in [0, 0.05) is 22.8 Å². The lowest BCUT2D eigenvalue weighted by molar-refractivity contribution is -0.118. The Kier molecular flexibility index (Phi) is 8.25. The van der Waals surface area contributed by atoms with Crippen LogP contribution in [0.4, 0.5) is 5.69 Å². The van der Waals surface area contributed by atoms with E-state index in [9.17, 15) is 9.59 Å². The van der Waals surface area contributed by atoms with Crippen LogP contribution in [-0.4, -0.2) is 50.4 Å². The zero-order valence-electron chi connectivity index (χ0n) is 18.0. The molecule has 0 aromatic heterocycles. The van der Waals surface area contributed by atoms with Gasteiger partial charge >= 0.3 is 0 Å². The van der Waals surface area contributed by atoms with E-state index in [0.717, 1.165) is 12.3 Å². The summed E-state index contributed by atoms with van der Waals surface area (Å²) in [5.74, 6) is 0.446. The number of benzene rings is 3. The van der Waals surface area contributed by atoms with Crippen molar-refractivity contribution in [1.29, 1.82) is 0 Å². The van der Waals surface area contributed by atoms with Crippen LogP contribution in [0.15, 0.2) is 72.8 Å². The van der Waals surface area contributed by atoms with E-state index >= 15 is 0 Å². The molecule has 0 radical (unpaired) electrons. The van der Waals surface area contributed by atoms with Crippen LogP contribution in [0, 0.1) is 0 Å². The molecule has 3 aromatic rings. The number of anilines is 1. The second-order valence-electron chi connectivity index (χ2n) is 7.35. The molecular formula is C25H25ClN2O4. The third-order valence-electron chi connectivity index (χ3n) is 4.53. The van der Waals surface area contributed by atoms with Gasteiger partial charge in [-0.3, -0.25) is 9.59 Å². The normalized spacial score (nSPS) is 10.6. The largest absolute Gasteiger partial charge is 0.492 e. The minimum absolute atomic E-state index is 0.228. The molecule has 166 valence electrons. The van der Waals surface area contributed by atoms with Crippen molar-refractivity contribution in [3.8, 4) is 11.5 Å². The number of ketones is 1. The molecule has 0 spiro atoms. The summed E-state index contributed by atoms with van der Waals surface area (Å²) in [4.78, 5) is 27.2. The second kappa shape index (κ2) is 11.3. The predicted octanol–water partition coefficient (Wildman–Crippen LogP) is 4.53. The number of nitrogens with one attached hydrogen (secondary N) is 1. The lowest BCUT2D eigenvalue weighted by atomic mass is 10.0. The standard InChI is InChI=1S/C25H25ClN2O4/c1-28(2)14-15-31-21-11-9-20(10-12-21)27-24(29)17-32-23-13-8-19(26)16-22(23)25(30)18-6-4-3-5-7-18/h3-13,16H,14-15,17H2,1-2H3,(H,27,29). The zero-order chi connectivity index (χ0) is 22.9. The topological polar surface area (TPSA) is 67.9 Å². The predicted molar refractivity (Wildman–Crippen MR) is 126 cm³/mol.